The van der Waals surface area contributed by atoms with E-state index in [1.807, 2.05) is 6.92 Å². The van der Waals surface area contributed by atoms with E-state index in [1.165, 1.54) is 0 Å². The number of carbonyl (C=O) groups is 2. The van der Waals surface area contributed by atoms with Gasteiger partial charge in [0.05, 0.1) is 13.2 Å². The lowest BCUT2D eigenvalue weighted by Gasteiger charge is -2.15. The van der Waals surface area contributed by atoms with Crippen LogP contribution in [-0.2, 0) is 19.1 Å². The van der Waals surface area contributed by atoms with Crippen LogP contribution < -0.4 is 0 Å². The Balaban J connectivity index is 2.96. The van der Waals surface area contributed by atoms with Gasteiger partial charge in [0.1, 0.15) is 5.57 Å². The van der Waals surface area contributed by atoms with Gasteiger partial charge in [0, 0.05) is 0 Å². The summed E-state index contributed by atoms with van der Waals surface area (Å²) < 4.78 is 9.91. The smallest absolute Gasteiger partial charge is 0.345 e. The second kappa shape index (κ2) is 7.19. The molecule has 4 heteroatoms. The molecule has 0 aromatic carbocycles. The van der Waals surface area contributed by atoms with Crippen LogP contribution in [0.1, 0.15) is 46.5 Å². The van der Waals surface area contributed by atoms with Gasteiger partial charge in [0.2, 0.25) is 0 Å². The van der Waals surface area contributed by atoms with Crippen LogP contribution in [0.15, 0.2) is 11.1 Å². The zero-order chi connectivity index (χ0) is 13.5. The Kier molecular flexibility index (Phi) is 5.89. The standard InChI is InChI=1S/C14H22O4/c1-4-17-13(15)12(14(16)18-5-2)10(3)11-8-6-7-9-11/h11H,4-9H2,1-3H3. The average Bonchev–Trinajstić information content (AvgIpc) is 2.83. The number of hydrogen-bond acceptors (Lipinski definition) is 4. The molecule has 0 unspecified atom stereocenters. The second-order valence-electron chi connectivity index (χ2n) is 4.48. The van der Waals surface area contributed by atoms with E-state index < -0.39 is 11.9 Å². The molecule has 0 amide bonds. The monoisotopic (exact) mass is 254 g/mol. The Morgan fingerprint density at radius 3 is 1.83 bits per heavy atom. The fourth-order valence-corrected chi connectivity index (χ4v) is 2.37. The third-order valence-electron chi connectivity index (χ3n) is 3.32. The largest absolute Gasteiger partial charge is 0.462 e. The first-order chi connectivity index (χ1) is 8.61. The van der Waals surface area contributed by atoms with Crippen molar-refractivity contribution in [3.05, 3.63) is 11.1 Å². The first-order valence-corrected chi connectivity index (χ1v) is 6.66. The zero-order valence-electron chi connectivity index (χ0n) is 11.5. The van der Waals surface area contributed by atoms with Crippen molar-refractivity contribution in [1.82, 2.24) is 0 Å². The molecule has 18 heavy (non-hydrogen) atoms. The van der Waals surface area contributed by atoms with E-state index in [-0.39, 0.29) is 18.8 Å². The number of rotatable bonds is 5. The molecular weight excluding hydrogens is 232 g/mol. The Morgan fingerprint density at radius 2 is 1.44 bits per heavy atom. The highest BCUT2D eigenvalue weighted by Gasteiger charge is 2.28. The van der Waals surface area contributed by atoms with Gasteiger partial charge in [0.25, 0.3) is 0 Å². The van der Waals surface area contributed by atoms with Gasteiger partial charge < -0.3 is 9.47 Å². The van der Waals surface area contributed by atoms with Crippen LogP contribution in [0.4, 0.5) is 0 Å². The Bertz CT molecular complexity index is 318. The van der Waals surface area contributed by atoms with E-state index in [4.69, 9.17) is 9.47 Å². The summed E-state index contributed by atoms with van der Waals surface area (Å²) in [4.78, 5) is 23.8. The summed E-state index contributed by atoms with van der Waals surface area (Å²) in [6.07, 6.45) is 4.38. The highest BCUT2D eigenvalue weighted by Crippen LogP contribution is 2.32. The van der Waals surface area contributed by atoms with Gasteiger partial charge in [-0.25, -0.2) is 9.59 Å². The van der Waals surface area contributed by atoms with Gasteiger partial charge in [-0.15, -0.1) is 0 Å². The van der Waals surface area contributed by atoms with E-state index in [2.05, 4.69) is 0 Å². The molecule has 102 valence electrons. The maximum atomic E-state index is 11.9. The normalized spacial score (nSPS) is 15.3. The molecule has 0 N–H and O–H groups in total. The molecule has 0 heterocycles. The van der Waals surface area contributed by atoms with E-state index in [0.29, 0.717) is 5.92 Å². The van der Waals surface area contributed by atoms with Crippen molar-refractivity contribution < 1.29 is 19.1 Å². The summed E-state index contributed by atoms with van der Waals surface area (Å²) in [5.74, 6) is -0.797. The molecular formula is C14H22O4. The first-order valence-electron chi connectivity index (χ1n) is 6.66. The van der Waals surface area contributed by atoms with E-state index in [0.717, 1.165) is 31.3 Å². The Labute approximate surface area is 108 Å². The number of esters is 2. The van der Waals surface area contributed by atoms with Crippen molar-refractivity contribution in [3.8, 4) is 0 Å². The fraction of sp³-hybridized carbons (Fsp3) is 0.714. The lowest BCUT2D eigenvalue weighted by atomic mass is 9.94. The van der Waals surface area contributed by atoms with Crippen molar-refractivity contribution in [2.24, 2.45) is 5.92 Å². The summed E-state index contributed by atoms with van der Waals surface area (Å²) in [5, 5.41) is 0. The topological polar surface area (TPSA) is 52.6 Å². The molecule has 0 atom stereocenters. The summed E-state index contributed by atoms with van der Waals surface area (Å²) in [6.45, 7) is 5.83. The Hall–Kier alpha value is -1.32. The number of carbonyl (C=O) groups excluding carboxylic acids is 2. The molecule has 0 aliphatic heterocycles. The molecule has 0 bridgehead atoms. The molecule has 1 aliphatic carbocycles. The number of allylic oxidation sites excluding steroid dienone is 1. The van der Waals surface area contributed by atoms with Gasteiger partial charge in [-0.2, -0.15) is 0 Å². The average molecular weight is 254 g/mol. The van der Waals surface area contributed by atoms with Crippen LogP contribution in [-0.4, -0.2) is 25.2 Å². The van der Waals surface area contributed by atoms with E-state index in [1.54, 1.807) is 13.8 Å². The van der Waals surface area contributed by atoms with Gasteiger partial charge in [-0.3, -0.25) is 0 Å². The minimum absolute atomic E-state index is 0.102. The Morgan fingerprint density at radius 1 is 1.00 bits per heavy atom. The molecule has 0 aromatic heterocycles. The summed E-state index contributed by atoms with van der Waals surface area (Å²) in [6, 6.07) is 0. The SMILES string of the molecule is CCOC(=O)C(C(=O)OCC)=C(C)C1CCCC1. The van der Waals surface area contributed by atoms with E-state index in [9.17, 15) is 9.59 Å². The molecule has 4 nitrogen and oxygen atoms in total. The lowest BCUT2D eigenvalue weighted by molar-refractivity contribution is -0.146. The third-order valence-corrected chi connectivity index (χ3v) is 3.32. The van der Waals surface area contributed by atoms with Crippen molar-refractivity contribution in [3.63, 3.8) is 0 Å². The first kappa shape index (κ1) is 14.7. The fourth-order valence-electron chi connectivity index (χ4n) is 2.37. The van der Waals surface area contributed by atoms with Crippen molar-refractivity contribution in [2.75, 3.05) is 13.2 Å². The predicted molar refractivity (Wildman–Crippen MR) is 67.9 cm³/mol. The number of hydrogen-bond donors (Lipinski definition) is 0. The van der Waals surface area contributed by atoms with Gasteiger partial charge >= 0.3 is 11.9 Å². The van der Waals surface area contributed by atoms with E-state index >= 15 is 0 Å². The molecule has 1 rings (SSSR count). The highest BCUT2D eigenvalue weighted by atomic mass is 16.6. The third kappa shape index (κ3) is 3.59. The van der Waals surface area contributed by atoms with Crippen LogP contribution >= 0.6 is 0 Å². The highest BCUT2D eigenvalue weighted by molar-refractivity contribution is 6.14. The maximum Gasteiger partial charge on any atom is 0.345 e. The maximum absolute atomic E-state index is 11.9. The zero-order valence-corrected chi connectivity index (χ0v) is 11.5. The molecule has 1 saturated carbocycles. The van der Waals surface area contributed by atoms with Crippen LogP contribution in [0, 0.1) is 5.92 Å². The lowest BCUT2D eigenvalue weighted by Crippen LogP contribution is -2.21. The van der Waals surface area contributed by atoms with Crippen LogP contribution in [0.3, 0.4) is 0 Å². The second-order valence-corrected chi connectivity index (χ2v) is 4.48. The van der Waals surface area contributed by atoms with Crippen molar-refractivity contribution in [1.29, 1.82) is 0 Å². The summed E-state index contributed by atoms with van der Waals surface area (Å²) in [5.41, 5.74) is 0.926. The van der Waals surface area contributed by atoms with Crippen LogP contribution in [0.25, 0.3) is 0 Å². The summed E-state index contributed by atoms with van der Waals surface area (Å²) in [7, 11) is 0. The van der Waals surface area contributed by atoms with Crippen LogP contribution in [0.2, 0.25) is 0 Å². The van der Waals surface area contributed by atoms with Crippen LogP contribution in [0.5, 0.6) is 0 Å². The quantitative estimate of drug-likeness (QED) is 0.327. The van der Waals surface area contributed by atoms with Gasteiger partial charge in [-0.05, 0) is 45.1 Å². The van der Waals surface area contributed by atoms with Gasteiger partial charge in [0.15, 0.2) is 0 Å². The molecule has 0 saturated heterocycles. The molecule has 0 spiro atoms. The number of ether oxygens (including phenoxy) is 2. The van der Waals surface area contributed by atoms with Crippen molar-refractivity contribution >= 4 is 11.9 Å². The minimum Gasteiger partial charge on any atom is -0.462 e. The van der Waals surface area contributed by atoms with Crippen molar-refractivity contribution in [2.45, 2.75) is 46.5 Å². The minimum atomic E-state index is -0.555. The van der Waals surface area contributed by atoms with Gasteiger partial charge in [-0.1, -0.05) is 12.8 Å². The molecule has 0 radical (unpaired) electrons. The molecule has 1 aliphatic rings. The molecule has 0 aromatic rings. The molecule has 1 fully saturated rings. The predicted octanol–water partition coefficient (Wildman–Crippen LogP) is 2.62. The summed E-state index contributed by atoms with van der Waals surface area (Å²) >= 11 is 0.